The Hall–Kier alpha value is -3.10. The van der Waals surface area contributed by atoms with E-state index in [0.717, 1.165) is 11.1 Å². The topological polar surface area (TPSA) is 88.2 Å². The minimum absolute atomic E-state index is 0.107. The van der Waals surface area contributed by atoms with E-state index in [1.165, 1.54) is 42.7 Å². The molecule has 3 rings (SSSR count). The highest BCUT2D eigenvalue weighted by molar-refractivity contribution is 7.89. The second-order valence-electron chi connectivity index (χ2n) is 6.02. The molecule has 144 valence electrons. The Morgan fingerprint density at radius 1 is 0.929 bits per heavy atom. The van der Waals surface area contributed by atoms with E-state index >= 15 is 0 Å². The highest BCUT2D eigenvalue weighted by Crippen LogP contribution is 2.09. The van der Waals surface area contributed by atoms with Crippen LogP contribution in [0.3, 0.4) is 0 Å². The molecule has 0 bridgehead atoms. The predicted molar refractivity (Wildman–Crippen MR) is 102 cm³/mol. The summed E-state index contributed by atoms with van der Waals surface area (Å²) in [6.45, 7) is 0.442. The summed E-state index contributed by atoms with van der Waals surface area (Å²) in [5, 5.41) is 2.75. The highest BCUT2D eigenvalue weighted by atomic mass is 32.2. The van der Waals surface area contributed by atoms with Gasteiger partial charge < -0.3 is 5.32 Å². The van der Waals surface area contributed by atoms with Crippen molar-refractivity contribution in [3.05, 3.63) is 95.6 Å². The third-order valence-electron chi connectivity index (χ3n) is 3.99. The third kappa shape index (κ3) is 5.21. The second kappa shape index (κ2) is 8.73. The van der Waals surface area contributed by atoms with Gasteiger partial charge in [0.15, 0.2) is 0 Å². The lowest BCUT2D eigenvalue weighted by molar-refractivity contribution is 0.0951. The molecular formula is C20H18FN3O3S. The van der Waals surface area contributed by atoms with Crippen molar-refractivity contribution in [2.75, 3.05) is 0 Å². The van der Waals surface area contributed by atoms with Crippen LogP contribution < -0.4 is 10.0 Å². The number of amides is 1. The lowest BCUT2D eigenvalue weighted by Gasteiger charge is -2.08. The smallest absolute Gasteiger partial charge is 0.251 e. The summed E-state index contributed by atoms with van der Waals surface area (Å²) in [4.78, 5) is 15.9. The van der Waals surface area contributed by atoms with E-state index in [1.807, 2.05) is 0 Å². The van der Waals surface area contributed by atoms with Crippen LogP contribution in [0.4, 0.5) is 4.39 Å². The van der Waals surface area contributed by atoms with Crippen LogP contribution in [0.1, 0.15) is 21.5 Å². The molecule has 0 aliphatic heterocycles. The van der Waals surface area contributed by atoms with Crippen molar-refractivity contribution in [3.63, 3.8) is 0 Å². The monoisotopic (exact) mass is 399 g/mol. The van der Waals surface area contributed by atoms with Crippen molar-refractivity contribution in [2.45, 2.75) is 18.0 Å². The first kappa shape index (κ1) is 19.7. The summed E-state index contributed by atoms with van der Waals surface area (Å²) in [6, 6.07) is 15.5. The summed E-state index contributed by atoms with van der Waals surface area (Å²) in [7, 11) is -3.62. The molecule has 2 N–H and O–H groups in total. The highest BCUT2D eigenvalue weighted by Gasteiger charge is 2.13. The van der Waals surface area contributed by atoms with Crippen molar-refractivity contribution < 1.29 is 17.6 Å². The third-order valence-corrected chi connectivity index (χ3v) is 5.38. The van der Waals surface area contributed by atoms with Gasteiger partial charge in [0.25, 0.3) is 5.91 Å². The quantitative estimate of drug-likeness (QED) is 0.639. The number of carbonyl (C=O) groups excluding carboxylic acids is 1. The summed E-state index contributed by atoms with van der Waals surface area (Å²) >= 11 is 0. The molecule has 0 atom stereocenters. The fraction of sp³-hybridized carbons (Fsp3) is 0.100. The summed E-state index contributed by atoms with van der Waals surface area (Å²) in [5.41, 5.74) is 2.01. The Balaban J connectivity index is 1.53. The first-order valence-electron chi connectivity index (χ1n) is 8.45. The fourth-order valence-corrected chi connectivity index (χ4v) is 3.41. The molecule has 0 radical (unpaired) electrons. The number of carbonyl (C=O) groups is 1. The van der Waals surface area contributed by atoms with E-state index in [4.69, 9.17) is 0 Å². The molecule has 28 heavy (non-hydrogen) atoms. The van der Waals surface area contributed by atoms with Gasteiger partial charge in [0, 0.05) is 31.0 Å². The molecule has 8 heteroatoms. The fourth-order valence-electron chi connectivity index (χ4n) is 2.43. The minimum Gasteiger partial charge on any atom is -0.348 e. The van der Waals surface area contributed by atoms with Gasteiger partial charge >= 0.3 is 0 Å². The van der Waals surface area contributed by atoms with Gasteiger partial charge in [-0.3, -0.25) is 9.78 Å². The predicted octanol–water partition coefficient (Wildman–Crippen LogP) is 2.63. The van der Waals surface area contributed by atoms with Crippen LogP contribution >= 0.6 is 0 Å². The first-order valence-corrected chi connectivity index (χ1v) is 9.94. The maximum absolute atomic E-state index is 12.9. The number of pyridine rings is 1. The van der Waals surface area contributed by atoms with E-state index in [9.17, 15) is 17.6 Å². The van der Waals surface area contributed by atoms with Gasteiger partial charge in [-0.25, -0.2) is 17.5 Å². The SMILES string of the molecule is O=C(NCc1ccc(CNS(=O)(=O)c2cccnc2)cc1)c1ccc(F)cc1. The number of aromatic nitrogens is 1. The van der Waals surface area contributed by atoms with E-state index in [1.54, 1.807) is 30.3 Å². The van der Waals surface area contributed by atoms with E-state index in [-0.39, 0.29) is 17.3 Å². The van der Waals surface area contributed by atoms with Crippen molar-refractivity contribution in [1.29, 1.82) is 0 Å². The number of benzene rings is 2. The Bertz CT molecular complexity index is 1040. The van der Waals surface area contributed by atoms with Crippen molar-refractivity contribution in [3.8, 4) is 0 Å². The van der Waals surface area contributed by atoms with Crippen LogP contribution in [0.2, 0.25) is 0 Å². The Labute approximate surface area is 162 Å². The van der Waals surface area contributed by atoms with Crippen LogP contribution in [0.5, 0.6) is 0 Å². The van der Waals surface area contributed by atoms with Crippen LogP contribution in [-0.2, 0) is 23.1 Å². The molecule has 1 amide bonds. The van der Waals surface area contributed by atoms with Crippen molar-refractivity contribution >= 4 is 15.9 Å². The Morgan fingerprint density at radius 3 is 2.18 bits per heavy atom. The van der Waals surface area contributed by atoms with Gasteiger partial charge in [-0.15, -0.1) is 0 Å². The van der Waals surface area contributed by atoms with Crippen LogP contribution in [0.25, 0.3) is 0 Å². The molecule has 0 saturated carbocycles. The number of sulfonamides is 1. The molecule has 0 aliphatic carbocycles. The van der Waals surface area contributed by atoms with Gasteiger partial charge in [0.2, 0.25) is 10.0 Å². The lowest BCUT2D eigenvalue weighted by atomic mass is 10.1. The van der Waals surface area contributed by atoms with Crippen LogP contribution in [0.15, 0.2) is 78.0 Å². The average molecular weight is 399 g/mol. The van der Waals surface area contributed by atoms with Crippen LogP contribution in [0, 0.1) is 5.82 Å². The maximum atomic E-state index is 12.9. The largest absolute Gasteiger partial charge is 0.348 e. The van der Waals surface area contributed by atoms with E-state index in [2.05, 4.69) is 15.0 Å². The standard InChI is InChI=1S/C20H18FN3O3S/c21-18-9-7-17(8-10-18)20(25)23-12-15-3-5-16(6-4-15)13-24-28(26,27)19-2-1-11-22-14-19/h1-11,14,24H,12-13H2,(H,23,25). The molecule has 0 fully saturated rings. The number of nitrogens with zero attached hydrogens (tertiary/aromatic N) is 1. The van der Waals surface area contributed by atoms with E-state index in [0.29, 0.717) is 12.1 Å². The first-order chi connectivity index (χ1) is 13.4. The van der Waals surface area contributed by atoms with Gasteiger partial charge in [0.1, 0.15) is 10.7 Å². The zero-order chi connectivity index (χ0) is 20.0. The zero-order valence-electron chi connectivity index (χ0n) is 14.8. The Kier molecular flexibility index (Phi) is 6.13. The van der Waals surface area contributed by atoms with Gasteiger partial charge in [-0.2, -0.15) is 0 Å². The molecule has 1 heterocycles. The molecular weight excluding hydrogens is 381 g/mol. The number of nitrogens with one attached hydrogen (secondary N) is 2. The van der Waals surface area contributed by atoms with Crippen molar-refractivity contribution in [2.24, 2.45) is 0 Å². The molecule has 0 saturated heterocycles. The molecule has 6 nitrogen and oxygen atoms in total. The van der Waals surface area contributed by atoms with E-state index < -0.39 is 15.8 Å². The number of rotatable bonds is 7. The normalized spacial score (nSPS) is 11.2. The number of hydrogen-bond acceptors (Lipinski definition) is 4. The van der Waals surface area contributed by atoms with Crippen molar-refractivity contribution in [1.82, 2.24) is 15.0 Å². The summed E-state index contributed by atoms with van der Waals surface area (Å²) in [6.07, 6.45) is 2.79. The van der Waals surface area contributed by atoms with Gasteiger partial charge in [-0.1, -0.05) is 24.3 Å². The number of halogens is 1. The average Bonchev–Trinajstić information content (AvgIpc) is 2.72. The number of hydrogen-bond donors (Lipinski definition) is 2. The zero-order valence-corrected chi connectivity index (χ0v) is 15.6. The summed E-state index contributed by atoms with van der Waals surface area (Å²) in [5.74, 6) is -0.695. The molecule has 2 aromatic carbocycles. The lowest BCUT2D eigenvalue weighted by Crippen LogP contribution is -2.24. The minimum atomic E-state index is -3.62. The van der Waals surface area contributed by atoms with Gasteiger partial charge in [0.05, 0.1) is 0 Å². The molecule has 0 aliphatic rings. The molecule has 3 aromatic rings. The second-order valence-corrected chi connectivity index (χ2v) is 7.79. The summed E-state index contributed by atoms with van der Waals surface area (Å²) < 4.78 is 39.8. The molecule has 1 aromatic heterocycles. The van der Waals surface area contributed by atoms with Crippen LogP contribution in [-0.4, -0.2) is 19.3 Å². The molecule has 0 spiro atoms. The molecule has 0 unspecified atom stereocenters. The maximum Gasteiger partial charge on any atom is 0.251 e. The van der Waals surface area contributed by atoms with Gasteiger partial charge in [-0.05, 0) is 47.5 Å². The Morgan fingerprint density at radius 2 is 1.57 bits per heavy atom.